The molecule has 132 valence electrons. The van der Waals surface area contributed by atoms with Gasteiger partial charge in [-0.2, -0.15) is 0 Å². The highest BCUT2D eigenvalue weighted by Gasteiger charge is 2.11. The molecule has 6 heteroatoms. The molecule has 0 atom stereocenters. The number of oxazole rings is 1. The molecule has 0 bridgehead atoms. The zero-order chi connectivity index (χ0) is 18.1. The normalized spacial score (nSPS) is 11.5. The lowest BCUT2D eigenvalue weighted by Gasteiger charge is -2.03. The van der Waals surface area contributed by atoms with E-state index in [0.29, 0.717) is 18.7 Å². The fourth-order valence-electron chi connectivity index (χ4n) is 2.74. The van der Waals surface area contributed by atoms with Crippen LogP contribution in [0, 0.1) is 0 Å². The Kier molecular flexibility index (Phi) is 4.42. The van der Waals surface area contributed by atoms with Crippen molar-refractivity contribution >= 4 is 44.2 Å². The summed E-state index contributed by atoms with van der Waals surface area (Å²) in [7, 11) is 0. The Hall–Kier alpha value is -2.73. The van der Waals surface area contributed by atoms with E-state index in [-0.39, 0.29) is 11.8 Å². The third-order valence-electron chi connectivity index (χ3n) is 4.09. The third kappa shape index (κ3) is 3.46. The molecule has 0 unspecified atom stereocenters. The van der Waals surface area contributed by atoms with Gasteiger partial charge in [-0.05, 0) is 30.3 Å². The molecule has 4 aromatic rings. The number of hydrogen-bond acceptors (Lipinski definition) is 5. The van der Waals surface area contributed by atoms with E-state index in [1.807, 2.05) is 50.2 Å². The van der Waals surface area contributed by atoms with E-state index < -0.39 is 0 Å². The molecule has 0 radical (unpaired) electrons. The zero-order valence-corrected chi connectivity index (χ0v) is 15.5. The Morgan fingerprint density at radius 1 is 1.15 bits per heavy atom. The van der Waals surface area contributed by atoms with Gasteiger partial charge in [0.05, 0.1) is 15.2 Å². The number of hydrogen-bond donors (Lipinski definition) is 1. The Labute approximate surface area is 155 Å². The number of aromatic nitrogens is 2. The van der Waals surface area contributed by atoms with E-state index in [4.69, 9.17) is 4.42 Å². The van der Waals surface area contributed by atoms with Crippen LogP contribution in [0.5, 0.6) is 0 Å². The number of carbonyl (C=O) groups excluding carboxylic acids is 1. The number of amides is 1. The molecule has 0 fully saturated rings. The van der Waals surface area contributed by atoms with Crippen molar-refractivity contribution in [3.63, 3.8) is 0 Å². The molecule has 0 aliphatic carbocycles. The van der Waals surface area contributed by atoms with Gasteiger partial charge in [0.15, 0.2) is 11.5 Å². The van der Waals surface area contributed by atoms with Gasteiger partial charge in [0.2, 0.25) is 5.91 Å². The van der Waals surface area contributed by atoms with Gasteiger partial charge in [-0.25, -0.2) is 9.97 Å². The van der Waals surface area contributed by atoms with Crippen LogP contribution in [0.2, 0.25) is 0 Å². The summed E-state index contributed by atoms with van der Waals surface area (Å²) in [6, 6.07) is 13.6. The molecular formula is C20H19N3O2S. The standard InChI is InChI=1S/C20H19N3O2S/c1-12(2)20-23-15-11-13(7-8-16(15)25-20)21-18(24)9-10-19-22-14-5-3-4-6-17(14)26-19/h3-8,11-12H,9-10H2,1-2H3,(H,21,24). The number of carbonyl (C=O) groups is 1. The van der Waals surface area contributed by atoms with Crippen molar-refractivity contribution in [3.8, 4) is 0 Å². The molecule has 2 aromatic carbocycles. The van der Waals surface area contributed by atoms with Crippen molar-refractivity contribution < 1.29 is 9.21 Å². The largest absolute Gasteiger partial charge is 0.440 e. The van der Waals surface area contributed by atoms with Crippen molar-refractivity contribution in [3.05, 3.63) is 53.4 Å². The molecule has 0 saturated heterocycles. The number of anilines is 1. The van der Waals surface area contributed by atoms with Gasteiger partial charge in [0, 0.05) is 24.4 Å². The molecular weight excluding hydrogens is 346 g/mol. The van der Waals surface area contributed by atoms with Crippen molar-refractivity contribution in [2.24, 2.45) is 0 Å². The highest BCUT2D eigenvalue weighted by molar-refractivity contribution is 7.18. The van der Waals surface area contributed by atoms with Crippen LogP contribution >= 0.6 is 11.3 Å². The predicted molar refractivity (Wildman–Crippen MR) is 105 cm³/mol. The van der Waals surface area contributed by atoms with Gasteiger partial charge >= 0.3 is 0 Å². The highest BCUT2D eigenvalue weighted by Crippen LogP contribution is 2.25. The number of rotatable bonds is 5. The minimum atomic E-state index is -0.0313. The Morgan fingerprint density at radius 3 is 2.81 bits per heavy atom. The van der Waals surface area contributed by atoms with Crippen LogP contribution in [-0.2, 0) is 11.2 Å². The van der Waals surface area contributed by atoms with Gasteiger partial charge in [-0.1, -0.05) is 26.0 Å². The number of para-hydroxylation sites is 1. The Bertz CT molecular complexity index is 1050. The summed E-state index contributed by atoms with van der Waals surface area (Å²) in [5.74, 6) is 0.907. The lowest BCUT2D eigenvalue weighted by molar-refractivity contribution is -0.116. The van der Waals surface area contributed by atoms with Crippen LogP contribution in [0.3, 0.4) is 0 Å². The molecule has 2 heterocycles. The second kappa shape index (κ2) is 6.88. The summed E-state index contributed by atoms with van der Waals surface area (Å²) >= 11 is 1.64. The molecule has 26 heavy (non-hydrogen) atoms. The Morgan fingerprint density at radius 2 is 2.00 bits per heavy atom. The maximum absolute atomic E-state index is 12.3. The molecule has 5 nitrogen and oxygen atoms in total. The molecule has 1 N–H and O–H groups in total. The van der Waals surface area contributed by atoms with Crippen LogP contribution in [0.4, 0.5) is 5.69 Å². The van der Waals surface area contributed by atoms with Gasteiger partial charge in [0.1, 0.15) is 5.52 Å². The van der Waals surface area contributed by atoms with Crippen molar-refractivity contribution in [1.29, 1.82) is 0 Å². The monoisotopic (exact) mass is 365 g/mol. The molecule has 1 amide bonds. The first-order chi connectivity index (χ1) is 12.6. The SMILES string of the molecule is CC(C)c1nc2cc(NC(=O)CCc3nc4ccccc4s3)ccc2o1. The van der Waals surface area contributed by atoms with Crippen LogP contribution in [0.1, 0.15) is 37.1 Å². The number of aryl methyl sites for hydroxylation is 1. The maximum atomic E-state index is 12.3. The minimum absolute atomic E-state index is 0.0313. The van der Waals surface area contributed by atoms with E-state index in [0.717, 1.165) is 32.0 Å². The van der Waals surface area contributed by atoms with Crippen LogP contribution in [0.15, 0.2) is 46.9 Å². The predicted octanol–water partition coefficient (Wildman–Crippen LogP) is 5.13. The summed E-state index contributed by atoms with van der Waals surface area (Å²) < 4.78 is 6.85. The highest BCUT2D eigenvalue weighted by atomic mass is 32.1. The summed E-state index contributed by atoms with van der Waals surface area (Å²) in [5.41, 5.74) is 3.22. The van der Waals surface area contributed by atoms with Gasteiger partial charge in [0.25, 0.3) is 0 Å². The number of thiazole rings is 1. The van der Waals surface area contributed by atoms with E-state index in [1.54, 1.807) is 11.3 Å². The molecule has 4 rings (SSSR count). The summed E-state index contributed by atoms with van der Waals surface area (Å²) in [5, 5.41) is 3.91. The lowest BCUT2D eigenvalue weighted by atomic mass is 10.2. The molecule has 0 aliphatic heterocycles. The van der Waals surface area contributed by atoms with Crippen LogP contribution in [-0.4, -0.2) is 15.9 Å². The van der Waals surface area contributed by atoms with Gasteiger partial charge < -0.3 is 9.73 Å². The summed E-state index contributed by atoms with van der Waals surface area (Å²) in [6.45, 7) is 4.07. The average Bonchev–Trinajstić information content (AvgIpc) is 3.23. The van der Waals surface area contributed by atoms with E-state index in [9.17, 15) is 4.79 Å². The second-order valence-corrected chi connectivity index (χ2v) is 7.63. The first kappa shape index (κ1) is 16.7. The number of nitrogens with one attached hydrogen (secondary N) is 1. The topological polar surface area (TPSA) is 68.0 Å². The van der Waals surface area contributed by atoms with E-state index >= 15 is 0 Å². The van der Waals surface area contributed by atoms with Crippen molar-refractivity contribution in [2.75, 3.05) is 5.32 Å². The third-order valence-corrected chi connectivity index (χ3v) is 5.18. The van der Waals surface area contributed by atoms with Crippen molar-refractivity contribution in [1.82, 2.24) is 9.97 Å². The summed E-state index contributed by atoms with van der Waals surface area (Å²) in [4.78, 5) is 21.3. The van der Waals surface area contributed by atoms with Gasteiger partial charge in [-0.3, -0.25) is 4.79 Å². The quantitative estimate of drug-likeness (QED) is 0.532. The maximum Gasteiger partial charge on any atom is 0.224 e. The number of fused-ring (bicyclic) bond motifs is 2. The van der Waals surface area contributed by atoms with E-state index in [1.165, 1.54) is 0 Å². The van der Waals surface area contributed by atoms with Crippen LogP contribution < -0.4 is 5.32 Å². The summed E-state index contributed by atoms with van der Waals surface area (Å²) in [6.07, 6.45) is 1.03. The Balaban J connectivity index is 1.41. The zero-order valence-electron chi connectivity index (χ0n) is 14.7. The second-order valence-electron chi connectivity index (χ2n) is 6.51. The first-order valence-corrected chi connectivity index (χ1v) is 9.45. The fourth-order valence-corrected chi connectivity index (χ4v) is 3.71. The fraction of sp³-hybridized carbons (Fsp3) is 0.250. The van der Waals surface area contributed by atoms with Crippen LogP contribution in [0.25, 0.3) is 21.3 Å². The number of nitrogens with zero attached hydrogens (tertiary/aromatic N) is 2. The molecule has 0 saturated carbocycles. The molecule has 0 aliphatic rings. The van der Waals surface area contributed by atoms with E-state index in [2.05, 4.69) is 21.4 Å². The smallest absolute Gasteiger partial charge is 0.224 e. The molecule has 0 spiro atoms. The minimum Gasteiger partial charge on any atom is -0.440 e. The van der Waals surface area contributed by atoms with Gasteiger partial charge in [-0.15, -0.1) is 11.3 Å². The van der Waals surface area contributed by atoms with Crippen molar-refractivity contribution in [2.45, 2.75) is 32.6 Å². The lowest BCUT2D eigenvalue weighted by Crippen LogP contribution is -2.12. The average molecular weight is 365 g/mol. The number of benzene rings is 2. The molecule has 2 aromatic heterocycles. The first-order valence-electron chi connectivity index (χ1n) is 8.63.